The average molecular weight is 675 g/mol. The van der Waals surface area contributed by atoms with Gasteiger partial charge in [0.05, 0.1) is 29.2 Å². The molecule has 7 atom stereocenters. The highest BCUT2D eigenvalue weighted by Gasteiger charge is 2.76. The lowest BCUT2D eigenvalue weighted by Gasteiger charge is -2.39. The molecule has 3 aliphatic heterocycles. The van der Waals surface area contributed by atoms with Crippen molar-refractivity contribution in [2.75, 3.05) is 29.5 Å². The van der Waals surface area contributed by atoms with Gasteiger partial charge >= 0.3 is 0 Å². The number of aliphatic hydroxyl groups is 1. The van der Waals surface area contributed by atoms with Crippen molar-refractivity contribution in [2.24, 2.45) is 11.8 Å². The van der Waals surface area contributed by atoms with Gasteiger partial charge in [0.1, 0.15) is 6.04 Å². The normalized spacial score (nSPS) is 27.7. The van der Waals surface area contributed by atoms with Crippen LogP contribution in [0.2, 0.25) is 0 Å². The second-order valence-corrected chi connectivity index (χ2v) is 14.5. The van der Waals surface area contributed by atoms with E-state index in [1.165, 1.54) is 0 Å². The molecule has 3 saturated heterocycles. The number of rotatable bonds is 10. The SMILES string of the molecule is C=CCN(C(=O)C1N([C@H](C)CO)C(=O)[C@@H]2[C@@H](C(=O)N(CC=C)c3ccccc3)[C@@H]3SC12CC3Br)c1ccc2ccccc2c1. The van der Waals surface area contributed by atoms with Crippen molar-refractivity contribution >= 4 is 67.6 Å². The van der Waals surface area contributed by atoms with Crippen LogP contribution in [0.5, 0.6) is 0 Å². The number of anilines is 2. The van der Waals surface area contributed by atoms with Crippen LogP contribution < -0.4 is 9.80 Å². The number of thioether (sulfide) groups is 1. The number of halogens is 1. The summed E-state index contributed by atoms with van der Waals surface area (Å²) >= 11 is 5.45. The second kappa shape index (κ2) is 12.2. The minimum absolute atomic E-state index is 0.0694. The van der Waals surface area contributed by atoms with Crippen molar-refractivity contribution in [2.45, 2.75) is 40.3 Å². The van der Waals surface area contributed by atoms with E-state index in [0.717, 1.165) is 16.5 Å². The van der Waals surface area contributed by atoms with Gasteiger partial charge in [-0.15, -0.1) is 24.9 Å². The second-order valence-electron chi connectivity index (χ2n) is 11.8. The smallest absolute Gasteiger partial charge is 0.251 e. The number of aliphatic hydroxyl groups excluding tert-OH is 1. The van der Waals surface area contributed by atoms with Crippen LogP contribution in [0.1, 0.15) is 13.3 Å². The molecule has 0 aromatic heterocycles. The Morgan fingerprint density at radius 2 is 1.64 bits per heavy atom. The summed E-state index contributed by atoms with van der Waals surface area (Å²) in [6.07, 6.45) is 3.93. The summed E-state index contributed by atoms with van der Waals surface area (Å²) in [5.74, 6) is -1.99. The van der Waals surface area contributed by atoms with Crippen molar-refractivity contribution in [3.05, 3.63) is 98.1 Å². The molecule has 0 aliphatic carbocycles. The topological polar surface area (TPSA) is 81.2 Å². The van der Waals surface area contributed by atoms with Gasteiger partial charge in [0.15, 0.2) is 0 Å². The summed E-state index contributed by atoms with van der Waals surface area (Å²) in [5, 5.41) is 12.2. The lowest BCUT2D eigenvalue weighted by atomic mass is 9.70. The van der Waals surface area contributed by atoms with E-state index in [1.54, 1.807) is 45.5 Å². The first-order chi connectivity index (χ1) is 21.3. The highest BCUT2D eigenvalue weighted by molar-refractivity contribution is 9.09. The highest BCUT2D eigenvalue weighted by atomic mass is 79.9. The maximum atomic E-state index is 14.9. The number of hydrogen-bond acceptors (Lipinski definition) is 5. The highest BCUT2D eigenvalue weighted by Crippen LogP contribution is 2.68. The van der Waals surface area contributed by atoms with E-state index in [4.69, 9.17) is 0 Å². The molecular weight excluding hydrogens is 638 g/mol. The van der Waals surface area contributed by atoms with Crippen molar-refractivity contribution in [1.82, 2.24) is 4.90 Å². The number of carbonyl (C=O) groups is 3. The Bertz CT molecular complexity index is 1620. The molecule has 3 aromatic rings. The molecule has 3 fully saturated rings. The van der Waals surface area contributed by atoms with E-state index < -0.39 is 28.7 Å². The summed E-state index contributed by atoms with van der Waals surface area (Å²) in [7, 11) is 0. The number of benzene rings is 3. The molecule has 3 unspecified atom stereocenters. The fourth-order valence-corrected chi connectivity index (χ4v) is 11.0. The van der Waals surface area contributed by atoms with E-state index in [0.29, 0.717) is 18.7 Å². The molecule has 6 rings (SSSR count). The van der Waals surface area contributed by atoms with E-state index >= 15 is 0 Å². The van der Waals surface area contributed by atoms with E-state index in [-0.39, 0.29) is 41.0 Å². The number of likely N-dealkylation sites (tertiary alicyclic amines) is 1. The molecule has 228 valence electrons. The monoisotopic (exact) mass is 673 g/mol. The Balaban J connectivity index is 1.44. The molecule has 0 radical (unpaired) electrons. The number of fused-ring (bicyclic) bond motifs is 2. The third kappa shape index (κ3) is 4.80. The summed E-state index contributed by atoms with van der Waals surface area (Å²) in [5.41, 5.74) is 1.44. The molecule has 3 amide bonds. The van der Waals surface area contributed by atoms with Crippen LogP contribution in [0, 0.1) is 11.8 Å². The van der Waals surface area contributed by atoms with Crippen LogP contribution in [-0.2, 0) is 14.4 Å². The first-order valence-electron chi connectivity index (χ1n) is 14.9. The Kier molecular flexibility index (Phi) is 8.48. The number of alkyl halides is 1. The largest absolute Gasteiger partial charge is 0.394 e. The Morgan fingerprint density at radius 3 is 2.30 bits per heavy atom. The fraction of sp³-hybridized carbons (Fsp3) is 0.343. The van der Waals surface area contributed by atoms with Gasteiger partial charge in [-0.1, -0.05) is 76.6 Å². The molecule has 3 aromatic carbocycles. The van der Waals surface area contributed by atoms with Crippen LogP contribution in [0.4, 0.5) is 11.4 Å². The maximum Gasteiger partial charge on any atom is 0.251 e. The third-order valence-corrected chi connectivity index (χ3v) is 12.5. The molecule has 9 heteroatoms. The van der Waals surface area contributed by atoms with Crippen LogP contribution in [-0.4, -0.2) is 74.3 Å². The minimum Gasteiger partial charge on any atom is -0.394 e. The zero-order chi connectivity index (χ0) is 31.2. The Hall–Kier alpha value is -3.40. The van der Waals surface area contributed by atoms with Crippen molar-refractivity contribution < 1.29 is 19.5 Å². The van der Waals surface area contributed by atoms with Gasteiger partial charge in [-0.3, -0.25) is 14.4 Å². The van der Waals surface area contributed by atoms with Gasteiger partial charge in [0, 0.05) is 34.5 Å². The first kappa shape index (κ1) is 30.6. The lowest BCUT2D eigenvalue weighted by molar-refractivity contribution is -0.141. The molecule has 7 nitrogen and oxygen atoms in total. The van der Waals surface area contributed by atoms with E-state index in [9.17, 15) is 19.5 Å². The van der Waals surface area contributed by atoms with E-state index in [1.807, 2.05) is 72.8 Å². The van der Waals surface area contributed by atoms with Gasteiger partial charge in [0.2, 0.25) is 11.8 Å². The van der Waals surface area contributed by atoms with Gasteiger partial charge in [-0.25, -0.2) is 0 Å². The van der Waals surface area contributed by atoms with Crippen LogP contribution in [0.25, 0.3) is 10.8 Å². The average Bonchev–Trinajstić information content (AvgIpc) is 3.64. The van der Waals surface area contributed by atoms with E-state index in [2.05, 4.69) is 29.1 Å². The number of hydrogen-bond donors (Lipinski definition) is 1. The summed E-state index contributed by atoms with van der Waals surface area (Å²) in [6.45, 7) is 9.81. The maximum absolute atomic E-state index is 14.9. The summed E-state index contributed by atoms with van der Waals surface area (Å²) in [4.78, 5) is 48.8. The van der Waals surface area contributed by atoms with Crippen molar-refractivity contribution in [1.29, 1.82) is 0 Å². The Labute approximate surface area is 270 Å². The third-order valence-electron chi connectivity index (χ3n) is 9.25. The van der Waals surface area contributed by atoms with Gasteiger partial charge in [-0.05, 0) is 48.4 Å². The molecule has 1 N–H and O–H groups in total. The number of carbonyl (C=O) groups excluding carboxylic acids is 3. The summed E-state index contributed by atoms with van der Waals surface area (Å²) in [6, 6.07) is 21.8. The van der Waals surface area contributed by atoms with Crippen molar-refractivity contribution in [3.8, 4) is 0 Å². The van der Waals surface area contributed by atoms with Crippen LogP contribution in [0.15, 0.2) is 98.1 Å². The fourth-order valence-electron chi connectivity index (χ4n) is 7.37. The molecular formula is C35H36BrN3O4S. The number of nitrogens with zero attached hydrogens (tertiary/aromatic N) is 3. The molecule has 0 saturated carbocycles. The quantitative estimate of drug-likeness (QED) is 0.230. The standard InChI is InChI=1S/C35H36BrN3O4S/c1-4-17-37(25-13-7-6-8-14-25)32(41)28-29-33(42)39(22(3)21-40)31(35(29)20-27(36)30(28)44-35)34(43)38(18-5-2)26-16-15-23-11-9-10-12-24(23)19-26/h4-16,19,22,27-31,40H,1-2,17-18,20-21H2,3H3/t22-,27?,28-,29+,30-,31?,35?/m1/s1. The molecule has 44 heavy (non-hydrogen) atoms. The summed E-state index contributed by atoms with van der Waals surface area (Å²) < 4.78 is -0.844. The van der Waals surface area contributed by atoms with Gasteiger partial charge in [0.25, 0.3) is 5.91 Å². The van der Waals surface area contributed by atoms with Crippen LogP contribution >= 0.6 is 27.7 Å². The Morgan fingerprint density at radius 1 is 1.00 bits per heavy atom. The zero-order valence-electron chi connectivity index (χ0n) is 24.6. The van der Waals surface area contributed by atoms with Gasteiger partial charge in [-0.2, -0.15) is 0 Å². The number of amides is 3. The molecule has 3 aliphatic rings. The predicted molar refractivity (Wildman–Crippen MR) is 181 cm³/mol. The van der Waals surface area contributed by atoms with Gasteiger partial charge < -0.3 is 19.8 Å². The minimum atomic E-state index is -0.869. The zero-order valence-corrected chi connectivity index (χ0v) is 27.0. The van der Waals surface area contributed by atoms with Crippen molar-refractivity contribution in [3.63, 3.8) is 0 Å². The lowest BCUT2D eigenvalue weighted by Crippen LogP contribution is -2.57. The number of para-hydroxylation sites is 1. The predicted octanol–water partition coefficient (Wildman–Crippen LogP) is 5.42. The molecule has 1 spiro atoms. The van der Waals surface area contributed by atoms with Crippen LogP contribution in [0.3, 0.4) is 0 Å². The molecule has 3 heterocycles. The first-order valence-corrected chi connectivity index (χ1v) is 16.7. The molecule has 2 bridgehead atoms.